The molecule has 0 aliphatic heterocycles. The predicted molar refractivity (Wildman–Crippen MR) is 98.3 cm³/mol. The third-order valence-electron chi connectivity index (χ3n) is 3.56. The Morgan fingerprint density at radius 1 is 0.773 bits per heavy atom. The molecule has 22 heavy (non-hydrogen) atoms. The van der Waals surface area contributed by atoms with Gasteiger partial charge in [0.25, 0.3) is 0 Å². The zero-order valence-electron chi connectivity index (χ0n) is 14.8. The minimum absolute atomic E-state index is 0.321. The maximum atomic E-state index is 10.1. The van der Waals surface area contributed by atoms with E-state index < -0.39 is 5.97 Å². The molecule has 0 rings (SSSR count). The second-order valence-electron chi connectivity index (χ2n) is 5.83. The Bertz CT molecular complexity index is 246. The smallest absolute Gasteiger partial charge is 0.303 e. The molecule has 0 radical (unpaired) electrons. The lowest BCUT2D eigenvalue weighted by Crippen LogP contribution is -1.93. The van der Waals surface area contributed by atoms with E-state index in [1.54, 1.807) is 0 Å². The predicted octanol–water partition coefficient (Wildman–Crippen LogP) is 6.91. The van der Waals surface area contributed by atoms with Gasteiger partial charge in [-0.2, -0.15) is 0 Å². The number of hydrogen-bond donors (Lipinski definition) is 1. The third-order valence-corrected chi connectivity index (χ3v) is 3.56. The first kappa shape index (κ1) is 23.2. The third kappa shape index (κ3) is 27.3. The fourth-order valence-corrected chi connectivity index (χ4v) is 2.16. The van der Waals surface area contributed by atoms with Gasteiger partial charge < -0.3 is 5.11 Å². The van der Waals surface area contributed by atoms with E-state index in [0.29, 0.717) is 6.42 Å². The highest BCUT2D eigenvalue weighted by molar-refractivity contribution is 5.66. The maximum absolute atomic E-state index is 10.1. The second kappa shape index (κ2) is 22.2. The van der Waals surface area contributed by atoms with Crippen molar-refractivity contribution in [1.82, 2.24) is 0 Å². The van der Waals surface area contributed by atoms with Crippen LogP contribution in [0.2, 0.25) is 0 Å². The van der Waals surface area contributed by atoms with Crippen LogP contribution in [-0.4, -0.2) is 11.1 Å². The molecule has 130 valence electrons. The summed E-state index contributed by atoms with van der Waals surface area (Å²) in [5.74, 6) is -0.680. The van der Waals surface area contributed by atoms with E-state index in [9.17, 15) is 4.79 Å². The highest BCUT2D eigenvalue weighted by Crippen LogP contribution is 2.07. The molecule has 0 aromatic heterocycles. The van der Waals surface area contributed by atoms with Crippen molar-refractivity contribution in [2.24, 2.45) is 0 Å². The molecule has 0 saturated carbocycles. The number of hydrogen-bond acceptors (Lipinski definition) is 1. The van der Waals surface area contributed by atoms with Crippen molar-refractivity contribution in [3.8, 4) is 0 Å². The molecule has 0 saturated heterocycles. The normalized spacial score (nSPS) is 9.68. The van der Waals surface area contributed by atoms with Gasteiger partial charge in [-0.15, -0.1) is 13.2 Å². The van der Waals surface area contributed by atoms with Gasteiger partial charge in [0.1, 0.15) is 0 Å². The quantitative estimate of drug-likeness (QED) is 0.263. The van der Waals surface area contributed by atoms with Gasteiger partial charge in [0.2, 0.25) is 0 Å². The van der Waals surface area contributed by atoms with Crippen molar-refractivity contribution >= 4 is 5.97 Å². The zero-order valence-corrected chi connectivity index (χ0v) is 14.8. The molecule has 0 bridgehead atoms. The average Bonchev–Trinajstić information content (AvgIpc) is 2.50. The van der Waals surface area contributed by atoms with Crippen LogP contribution < -0.4 is 0 Å². The fraction of sp³-hybridized carbons (Fsp3) is 0.750. The van der Waals surface area contributed by atoms with Gasteiger partial charge in [-0.1, -0.05) is 70.4 Å². The van der Waals surface area contributed by atoms with Crippen molar-refractivity contribution in [2.45, 2.75) is 96.8 Å². The van der Waals surface area contributed by atoms with Crippen molar-refractivity contribution < 1.29 is 9.90 Å². The van der Waals surface area contributed by atoms with Gasteiger partial charge in [0.15, 0.2) is 0 Å². The van der Waals surface area contributed by atoms with Crippen molar-refractivity contribution in [3.63, 3.8) is 0 Å². The molecule has 2 nitrogen and oxygen atoms in total. The van der Waals surface area contributed by atoms with Crippen molar-refractivity contribution in [3.05, 3.63) is 25.3 Å². The minimum atomic E-state index is -0.680. The first-order chi connectivity index (χ1) is 10.7. The maximum Gasteiger partial charge on any atom is 0.303 e. The number of carboxylic acids is 1. The van der Waals surface area contributed by atoms with Gasteiger partial charge in [-0.3, -0.25) is 4.79 Å². The molecule has 0 aromatic carbocycles. The fourth-order valence-electron chi connectivity index (χ4n) is 2.16. The minimum Gasteiger partial charge on any atom is -0.481 e. The number of allylic oxidation sites excluding steroid dienone is 2. The number of rotatable bonds is 15. The lowest BCUT2D eigenvalue weighted by molar-refractivity contribution is -0.137. The second-order valence-corrected chi connectivity index (χ2v) is 5.83. The lowest BCUT2D eigenvalue weighted by Gasteiger charge is -1.97. The van der Waals surface area contributed by atoms with E-state index in [2.05, 4.69) is 20.1 Å². The average molecular weight is 311 g/mol. The first-order valence-electron chi connectivity index (χ1n) is 9.12. The topological polar surface area (TPSA) is 37.3 Å². The molecule has 0 spiro atoms. The van der Waals surface area contributed by atoms with Crippen LogP contribution in [0.15, 0.2) is 25.3 Å². The number of unbranched alkanes of at least 4 members (excludes halogenated alkanes) is 11. The molecule has 0 aromatic rings. The number of aliphatic carboxylic acids is 1. The molecule has 2 heteroatoms. The van der Waals surface area contributed by atoms with Crippen LogP contribution in [0.3, 0.4) is 0 Å². The summed E-state index contributed by atoms with van der Waals surface area (Å²) in [6, 6.07) is 0. The standard InChI is InChI=1S/C10H18O2.C10H20/c1-2-3-4-5-6-7-8-9-10(11)12;1-3-5-7-9-10-8-6-4-2/h2H,1,3-9H2,(H,11,12);3H,1,4-10H2,2H3. The van der Waals surface area contributed by atoms with E-state index >= 15 is 0 Å². The number of carboxylic acid groups (broad SMARTS) is 1. The van der Waals surface area contributed by atoms with E-state index in [4.69, 9.17) is 5.11 Å². The summed E-state index contributed by atoms with van der Waals surface area (Å²) in [7, 11) is 0. The summed E-state index contributed by atoms with van der Waals surface area (Å²) in [5.41, 5.74) is 0. The van der Waals surface area contributed by atoms with Gasteiger partial charge >= 0.3 is 5.97 Å². The molecule has 0 unspecified atom stereocenters. The van der Waals surface area contributed by atoms with Crippen molar-refractivity contribution in [2.75, 3.05) is 0 Å². The SMILES string of the molecule is C=CCCCCCCCC.C=CCCCCCCCC(=O)O. The highest BCUT2D eigenvalue weighted by Gasteiger charge is 1.95. The molecule has 0 heterocycles. The molecular weight excluding hydrogens is 272 g/mol. The molecule has 0 aliphatic carbocycles. The molecule has 0 fully saturated rings. The largest absolute Gasteiger partial charge is 0.481 e. The Hall–Kier alpha value is -1.05. The first-order valence-corrected chi connectivity index (χ1v) is 9.12. The van der Waals surface area contributed by atoms with Crippen LogP contribution in [-0.2, 0) is 4.79 Å². The summed E-state index contributed by atoms with van der Waals surface area (Å²) < 4.78 is 0. The Balaban J connectivity index is 0. The summed E-state index contributed by atoms with van der Waals surface area (Å²) >= 11 is 0. The van der Waals surface area contributed by atoms with E-state index in [-0.39, 0.29) is 0 Å². The Kier molecular flexibility index (Phi) is 23.5. The highest BCUT2D eigenvalue weighted by atomic mass is 16.4. The van der Waals surface area contributed by atoms with Crippen LogP contribution >= 0.6 is 0 Å². The molecule has 0 aliphatic rings. The van der Waals surface area contributed by atoms with Crippen molar-refractivity contribution in [1.29, 1.82) is 0 Å². The Morgan fingerprint density at radius 3 is 1.59 bits per heavy atom. The van der Waals surface area contributed by atoms with Gasteiger partial charge in [0.05, 0.1) is 0 Å². The Morgan fingerprint density at radius 2 is 1.18 bits per heavy atom. The van der Waals surface area contributed by atoms with Crippen LogP contribution in [0, 0.1) is 0 Å². The lowest BCUT2D eigenvalue weighted by atomic mass is 10.1. The monoisotopic (exact) mass is 310 g/mol. The number of carbonyl (C=O) groups is 1. The molecule has 0 atom stereocenters. The van der Waals surface area contributed by atoms with Crippen LogP contribution in [0.4, 0.5) is 0 Å². The Labute approximate surface area is 138 Å². The summed E-state index contributed by atoms with van der Waals surface area (Å²) in [6.07, 6.45) is 20.3. The van der Waals surface area contributed by atoms with Crippen LogP contribution in [0.25, 0.3) is 0 Å². The van der Waals surface area contributed by atoms with E-state index in [1.165, 1.54) is 57.8 Å². The molecule has 1 N–H and O–H groups in total. The van der Waals surface area contributed by atoms with Gasteiger partial charge in [0, 0.05) is 6.42 Å². The summed E-state index contributed by atoms with van der Waals surface area (Å²) in [6.45, 7) is 9.59. The van der Waals surface area contributed by atoms with E-state index in [0.717, 1.165) is 25.7 Å². The summed E-state index contributed by atoms with van der Waals surface area (Å²) in [5, 5.41) is 8.34. The molecule has 0 amide bonds. The zero-order chi connectivity index (χ0) is 16.9. The van der Waals surface area contributed by atoms with Crippen LogP contribution in [0.1, 0.15) is 96.8 Å². The van der Waals surface area contributed by atoms with Gasteiger partial charge in [-0.05, 0) is 32.1 Å². The summed E-state index contributed by atoms with van der Waals surface area (Å²) in [4.78, 5) is 10.1. The van der Waals surface area contributed by atoms with E-state index in [1.807, 2.05) is 12.2 Å². The molecular formula is C20H38O2. The van der Waals surface area contributed by atoms with Crippen LogP contribution in [0.5, 0.6) is 0 Å². The van der Waals surface area contributed by atoms with Gasteiger partial charge in [-0.25, -0.2) is 0 Å².